The van der Waals surface area contributed by atoms with Crippen LogP contribution < -0.4 is 10.6 Å². The molecule has 1 aromatic carbocycles. The molecule has 2 N–H and O–H groups in total. The Labute approximate surface area is 122 Å². The molecule has 2 rings (SSSR count). The molecule has 1 aromatic heterocycles. The molecule has 0 saturated heterocycles. The Morgan fingerprint density at radius 3 is 2.85 bits per heavy atom. The number of anilines is 1. The molecule has 106 valence electrons. The lowest BCUT2D eigenvalue weighted by molar-refractivity contribution is 0.194. The van der Waals surface area contributed by atoms with Gasteiger partial charge in [0.05, 0.1) is 5.69 Å². The Morgan fingerprint density at radius 2 is 2.10 bits per heavy atom. The van der Waals surface area contributed by atoms with Crippen LogP contribution in [-0.4, -0.2) is 26.3 Å². The largest absolute Gasteiger partial charge is 0.385 e. The van der Waals surface area contributed by atoms with Crippen molar-refractivity contribution in [3.8, 4) is 10.4 Å². The SMILES string of the molecule is COCCCNC(=O)Nc1ccccc1-c1cccs1. The van der Waals surface area contributed by atoms with Crippen LogP contribution in [0.5, 0.6) is 0 Å². The number of para-hydroxylation sites is 1. The molecule has 0 aliphatic rings. The summed E-state index contributed by atoms with van der Waals surface area (Å²) < 4.78 is 4.94. The lowest BCUT2D eigenvalue weighted by Gasteiger charge is -2.11. The van der Waals surface area contributed by atoms with Crippen LogP contribution in [-0.2, 0) is 4.74 Å². The Hall–Kier alpha value is -1.85. The third kappa shape index (κ3) is 4.08. The number of carbonyl (C=O) groups is 1. The van der Waals surface area contributed by atoms with Gasteiger partial charge in [0.1, 0.15) is 0 Å². The predicted octanol–water partition coefficient (Wildman–Crippen LogP) is 3.57. The molecule has 0 aliphatic heterocycles. The van der Waals surface area contributed by atoms with Crippen molar-refractivity contribution in [1.29, 1.82) is 0 Å². The minimum Gasteiger partial charge on any atom is -0.385 e. The van der Waals surface area contributed by atoms with Crippen LogP contribution in [0.3, 0.4) is 0 Å². The summed E-state index contributed by atoms with van der Waals surface area (Å²) in [5.74, 6) is 0. The minimum absolute atomic E-state index is 0.190. The Morgan fingerprint density at radius 1 is 1.25 bits per heavy atom. The molecule has 0 bridgehead atoms. The van der Waals surface area contributed by atoms with Crippen molar-refractivity contribution in [2.24, 2.45) is 0 Å². The summed E-state index contributed by atoms with van der Waals surface area (Å²) in [6.45, 7) is 1.24. The molecular formula is C15H18N2O2S. The zero-order chi connectivity index (χ0) is 14.2. The van der Waals surface area contributed by atoms with Gasteiger partial charge in [-0.25, -0.2) is 4.79 Å². The molecule has 0 radical (unpaired) electrons. The zero-order valence-corrected chi connectivity index (χ0v) is 12.2. The molecule has 2 aromatic rings. The van der Waals surface area contributed by atoms with Gasteiger partial charge in [0.25, 0.3) is 0 Å². The number of benzene rings is 1. The van der Waals surface area contributed by atoms with Gasteiger partial charge >= 0.3 is 6.03 Å². The summed E-state index contributed by atoms with van der Waals surface area (Å²) in [6.07, 6.45) is 0.802. The standard InChI is InChI=1S/C15H18N2O2S/c1-19-10-5-9-16-15(18)17-13-7-3-2-6-12(13)14-8-4-11-20-14/h2-4,6-8,11H,5,9-10H2,1H3,(H2,16,17,18). The number of rotatable bonds is 6. The number of urea groups is 1. The number of carbonyl (C=O) groups excluding carboxylic acids is 1. The van der Waals surface area contributed by atoms with Crippen molar-refractivity contribution in [3.63, 3.8) is 0 Å². The highest BCUT2D eigenvalue weighted by atomic mass is 32.1. The van der Waals surface area contributed by atoms with Gasteiger partial charge in [-0.3, -0.25) is 0 Å². The van der Waals surface area contributed by atoms with Gasteiger partial charge in [-0.15, -0.1) is 11.3 Å². The molecule has 0 spiro atoms. The molecule has 0 unspecified atom stereocenters. The molecule has 0 fully saturated rings. The smallest absolute Gasteiger partial charge is 0.319 e. The van der Waals surface area contributed by atoms with E-state index in [4.69, 9.17) is 4.74 Å². The van der Waals surface area contributed by atoms with E-state index in [1.807, 2.05) is 41.8 Å². The van der Waals surface area contributed by atoms with Gasteiger partial charge in [-0.05, 0) is 23.9 Å². The fraction of sp³-hybridized carbons (Fsp3) is 0.267. The highest BCUT2D eigenvalue weighted by Gasteiger charge is 2.08. The second-order valence-electron chi connectivity index (χ2n) is 4.25. The van der Waals surface area contributed by atoms with E-state index in [-0.39, 0.29) is 6.03 Å². The molecule has 20 heavy (non-hydrogen) atoms. The predicted molar refractivity (Wildman–Crippen MR) is 83.3 cm³/mol. The number of hydrogen-bond donors (Lipinski definition) is 2. The van der Waals surface area contributed by atoms with E-state index in [0.717, 1.165) is 22.5 Å². The van der Waals surface area contributed by atoms with Crippen molar-refractivity contribution in [1.82, 2.24) is 5.32 Å². The first-order valence-corrected chi connectivity index (χ1v) is 7.36. The molecule has 0 saturated carbocycles. The molecule has 0 aliphatic carbocycles. The second kappa shape index (κ2) is 7.67. The van der Waals surface area contributed by atoms with Gasteiger partial charge in [0.2, 0.25) is 0 Å². The van der Waals surface area contributed by atoms with Crippen LogP contribution in [0, 0.1) is 0 Å². The van der Waals surface area contributed by atoms with E-state index in [2.05, 4.69) is 10.6 Å². The summed E-state index contributed by atoms with van der Waals surface area (Å²) in [6, 6.07) is 11.7. The number of hydrogen-bond acceptors (Lipinski definition) is 3. The van der Waals surface area contributed by atoms with Crippen LogP contribution in [0.1, 0.15) is 6.42 Å². The molecule has 5 heteroatoms. The van der Waals surface area contributed by atoms with Gasteiger partial charge in [0, 0.05) is 30.7 Å². The first-order chi connectivity index (χ1) is 9.81. The van der Waals surface area contributed by atoms with E-state index in [1.54, 1.807) is 18.4 Å². The fourth-order valence-corrected chi connectivity index (χ4v) is 2.59. The second-order valence-corrected chi connectivity index (χ2v) is 5.20. The van der Waals surface area contributed by atoms with Crippen molar-refractivity contribution in [3.05, 3.63) is 41.8 Å². The van der Waals surface area contributed by atoms with Crippen LogP contribution in [0.15, 0.2) is 41.8 Å². The van der Waals surface area contributed by atoms with E-state index < -0.39 is 0 Å². The number of ether oxygens (including phenoxy) is 1. The van der Waals surface area contributed by atoms with E-state index >= 15 is 0 Å². The number of nitrogens with one attached hydrogen (secondary N) is 2. The van der Waals surface area contributed by atoms with Gasteiger partial charge < -0.3 is 15.4 Å². The number of methoxy groups -OCH3 is 1. The van der Waals surface area contributed by atoms with Gasteiger partial charge in [-0.1, -0.05) is 24.3 Å². The van der Waals surface area contributed by atoms with Gasteiger partial charge in [-0.2, -0.15) is 0 Å². The van der Waals surface area contributed by atoms with Crippen LogP contribution in [0.2, 0.25) is 0 Å². The third-order valence-corrected chi connectivity index (χ3v) is 3.68. The molecule has 2 amide bonds. The first kappa shape index (κ1) is 14.6. The van der Waals surface area contributed by atoms with Crippen molar-refractivity contribution in [2.75, 3.05) is 25.6 Å². The lowest BCUT2D eigenvalue weighted by Crippen LogP contribution is -2.30. The lowest BCUT2D eigenvalue weighted by atomic mass is 10.1. The Kier molecular flexibility index (Phi) is 5.58. The van der Waals surface area contributed by atoms with Crippen LogP contribution in [0.25, 0.3) is 10.4 Å². The maximum absolute atomic E-state index is 11.8. The third-order valence-electron chi connectivity index (χ3n) is 2.77. The first-order valence-electron chi connectivity index (χ1n) is 6.48. The summed E-state index contributed by atoms with van der Waals surface area (Å²) >= 11 is 1.65. The maximum atomic E-state index is 11.8. The van der Waals surface area contributed by atoms with Crippen molar-refractivity contribution >= 4 is 23.1 Å². The van der Waals surface area contributed by atoms with E-state index in [1.165, 1.54) is 0 Å². The summed E-state index contributed by atoms with van der Waals surface area (Å²) in [5.41, 5.74) is 1.86. The monoisotopic (exact) mass is 290 g/mol. The van der Waals surface area contributed by atoms with Crippen LogP contribution >= 0.6 is 11.3 Å². The average molecular weight is 290 g/mol. The van der Waals surface area contributed by atoms with Gasteiger partial charge in [0.15, 0.2) is 0 Å². The highest BCUT2D eigenvalue weighted by molar-refractivity contribution is 7.13. The van der Waals surface area contributed by atoms with Crippen molar-refractivity contribution < 1.29 is 9.53 Å². The highest BCUT2D eigenvalue weighted by Crippen LogP contribution is 2.31. The molecule has 0 atom stereocenters. The number of thiophene rings is 1. The number of amides is 2. The van der Waals surface area contributed by atoms with E-state index in [9.17, 15) is 4.79 Å². The summed E-state index contributed by atoms with van der Waals surface area (Å²) in [4.78, 5) is 13.0. The van der Waals surface area contributed by atoms with E-state index in [0.29, 0.717) is 13.2 Å². The Bertz CT molecular complexity index is 541. The fourth-order valence-electron chi connectivity index (χ4n) is 1.82. The minimum atomic E-state index is -0.190. The molecule has 1 heterocycles. The van der Waals surface area contributed by atoms with Crippen LogP contribution in [0.4, 0.5) is 10.5 Å². The summed E-state index contributed by atoms with van der Waals surface area (Å²) in [7, 11) is 1.65. The summed E-state index contributed by atoms with van der Waals surface area (Å²) in [5, 5.41) is 7.73. The van der Waals surface area contributed by atoms with Crippen molar-refractivity contribution in [2.45, 2.75) is 6.42 Å². The normalized spacial score (nSPS) is 10.2. The maximum Gasteiger partial charge on any atom is 0.319 e. The quantitative estimate of drug-likeness (QED) is 0.799. The topological polar surface area (TPSA) is 50.4 Å². The zero-order valence-electron chi connectivity index (χ0n) is 11.4. The molecular weight excluding hydrogens is 272 g/mol. The molecule has 4 nitrogen and oxygen atoms in total. The average Bonchev–Trinajstić information content (AvgIpc) is 2.98. The Balaban J connectivity index is 1.97.